The van der Waals surface area contributed by atoms with Crippen molar-refractivity contribution < 1.29 is 4.79 Å². The molecule has 0 aliphatic heterocycles. The molecule has 0 spiro atoms. The third-order valence-corrected chi connectivity index (χ3v) is 4.29. The maximum absolute atomic E-state index is 12.1. The monoisotopic (exact) mass is 339 g/mol. The summed E-state index contributed by atoms with van der Waals surface area (Å²) in [5.41, 5.74) is 3.35. The van der Waals surface area contributed by atoms with Gasteiger partial charge in [0, 0.05) is 18.3 Å². The molecule has 0 aromatic heterocycles. The Morgan fingerprint density at radius 3 is 2.16 bits per heavy atom. The zero-order valence-corrected chi connectivity index (χ0v) is 15.6. The minimum Gasteiger partial charge on any atom is -0.325 e. The van der Waals surface area contributed by atoms with E-state index >= 15 is 0 Å². The molecule has 2 aromatic carbocycles. The normalized spacial score (nSPS) is 12.4. The van der Waals surface area contributed by atoms with Crippen LogP contribution in [0.15, 0.2) is 54.6 Å². The molecule has 4 nitrogen and oxygen atoms in total. The van der Waals surface area contributed by atoms with Gasteiger partial charge in [0.25, 0.3) is 0 Å². The minimum absolute atomic E-state index is 0.0251. The number of likely N-dealkylation sites (N-methyl/N-ethyl adjacent to an activating group) is 1. The second-order valence-electron chi connectivity index (χ2n) is 6.85. The van der Waals surface area contributed by atoms with Gasteiger partial charge in [-0.25, -0.2) is 0 Å². The number of benzene rings is 2. The molecule has 1 atom stereocenters. The first-order valence-electron chi connectivity index (χ1n) is 8.79. The van der Waals surface area contributed by atoms with Gasteiger partial charge in [-0.1, -0.05) is 56.3 Å². The van der Waals surface area contributed by atoms with Crippen LogP contribution in [0.3, 0.4) is 0 Å². The summed E-state index contributed by atoms with van der Waals surface area (Å²) < 4.78 is 0. The van der Waals surface area contributed by atoms with Gasteiger partial charge >= 0.3 is 0 Å². The van der Waals surface area contributed by atoms with E-state index < -0.39 is 0 Å². The Morgan fingerprint density at radius 1 is 0.960 bits per heavy atom. The van der Waals surface area contributed by atoms with Crippen molar-refractivity contribution in [3.05, 3.63) is 65.7 Å². The van der Waals surface area contributed by atoms with Crippen molar-refractivity contribution in [3.63, 3.8) is 0 Å². The van der Waals surface area contributed by atoms with Gasteiger partial charge in [-0.3, -0.25) is 4.79 Å². The van der Waals surface area contributed by atoms with Crippen molar-refractivity contribution in [2.45, 2.75) is 25.8 Å². The van der Waals surface area contributed by atoms with Gasteiger partial charge in [-0.15, -0.1) is 0 Å². The molecule has 0 unspecified atom stereocenters. The van der Waals surface area contributed by atoms with Crippen molar-refractivity contribution in [3.8, 4) is 0 Å². The molecule has 0 saturated heterocycles. The van der Waals surface area contributed by atoms with E-state index in [1.165, 1.54) is 11.1 Å². The fourth-order valence-electron chi connectivity index (χ4n) is 2.75. The molecule has 0 radical (unpaired) electrons. The first-order chi connectivity index (χ1) is 12.0. The molecule has 2 rings (SSSR count). The van der Waals surface area contributed by atoms with Gasteiger partial charge in [0.1, 0.15) is 0 Å². The van der Waals surface area contributed by atoms with Crippen molar-refractivity contribution >= 4 is 11.6 Å². The summed E-state index contributed by atoms with van der Waals surface area (Å²) >= 11 is 0. The largest absolute Gasteiger partial charge is 0.325 e. The number of carbonyl (C=O) groups is 1. The molecular weight excluding hydrogens is 310 g/mol. The molecule has 2 N–H and O–H groups in total. The minimum atomic E-state index is -0.0251. The van der Waals surface area contributed by atoms with E-state index in [1.54, 1.807) is 0 Å². The third-order valence-electron chi connectivity index (χ3n) is 4.29. The SMILES string of the molecule is CC(C)c1ccc(NC(=O)CNC[C@@H](c2ccccc2)N(C)C)cc1. The second-order valence-corrected chi connectivity index (χ2v) is 6.85. The molecule has 25 heavy (non-hydrogen) atoms. The Morgan fingerprint density at radius 2 is 1.60 bits per heavy atom. The fraction of sp³-hybridized carbons (Fsp3) is 0.381. The number of hydrogen-bond acceptors (Lipinski definition) is 3. The Balaban J connectivity index is 1.82. The Hall–Kier alpha value is -2.17. The zero-order chi connectivity index (χ0) is 18.2. The van der Waals surface area contributed by atoms with Crippen LogP contribution in [-0.2, 0) is 4.79 Å². The molecule has 0 saturated carbocycles. The molecule has 1 amide bonds. The van der Waals surface area contributed by atoms with E-state index in [2.05, 4.69) is 67.7 Å². The summed E-state index contributed by atoms with van der Waals surface area (Å²) in [7, 11) is 4.10. The summed E-state index contributed by atoms with van der Waals surface area (Å²) in [6.07, 6.45) is 0. The lowest BCUT2D eigenvalue weighted by molar-refractivity contribution is -0.115. The van der Waals surface area contributed by atoms with Crippen molar-refractivity contribution in [1.82, 2.24) is 10.2 Å². The van der Waals surface area contributed by atoms with E-state index in [4.69, 9.17) is 0 Å². The lowest BCUT2D eigenvalue weighted by Crippen LogP contribution is -2.35. The van der Waals surface area contributed by atoms with Gasteiger partial charge in [-0.05, 0) is 43.3 Å². The highest BCUT2D eigenvalue weighted by Crippen LogP contribution is 2.18. The van der Waals surface area contributed by atoms with Crippen LogP contribution >= 0.6 is 0 Å². The summed E-state index contributed by atoms with van der Waals surface area (Å²) in [5, 5.41) is 6.20. The number of carbonyl (C=O) groups excluding carboxylic acids is 1. The van der Waals surface area contributed by atoms with Gasteiger partial charge in [0.2, 0.25) is 5.91 Å². The average molecular weight is 339 g/mol. The smallest absolute Gasteiger partial charge is 0.238 e. The van der Waals surface area contributed by atoms with Gasteiger partial charge in [0.05, 0.1) is 6.54 Å². The topological polar surface area (TPSA) is 44.4 Å². The quantitative estimate of drug-likeness (QED) is 0.772. The molecule has 134 valence electrons. The van der Waals surface area contributed by atoms with Gasteiger partial charge in [-0.2, -0.15) is 0 Å². The van der Waals surface area contributed by atoms with Crippen LogP contribution in [0.5, 0.6) is 0 Å². The number of hydrogen-bond donors (Lipinski definition) is 2. The lowest BCUT2D eigenvalue weighted by Gasteiger charge is -2.25. The number of amides is 1. The molecule has 0 bridgehead atoms. The first-order valence-corrected chi connectivity index (χ1v) is 8.79. The highest BCUT2D eigenvalue weighted by atomic mass is 16.1. The van der Waals surface area contributed by atoms with Crippen molar-refractivity contribution in [2.24, 2.45) is 0 Å². The average Bonchev–Trinajstić information content (AvgIpc) is 2.59. The van der Waals surface area contributed by atoms with Gasteiger partial charge in [0.15, 0.2) is 0 Å². The number of nitrogens with one attached hydrogen (secondary N) is 2. The van der Waals surface area contributed by atoms with Crippen LogP contribution in [0.1, 0.15) is 36.9 Å². The summed E-state index contributed by atoms with van der Waals surface area (Å²) in [6, 6.07) is 18.6. The van der Waals surface area contributed by atoms with Crippen molar-refractivity contribution in [1.29, 1.82) is 0 Å². The second kappa shape index (κ2) is 9.35. The summed E-state index contributed by atoms with van der Waals surface area (Å²) in [5.74, 6) is 0.468. The highest BCUT2D eigenvalue weighted by Gasteiger charge is 2.13. The Labute approximate surface area is 151 Å². The first kappa shape index (κ1) is 19.2. The van der Waals surface area contributed by atoms with Crippen LogP contribution in [0.25, 0.3) is 0 Å². The Kier molecular flexibility index (Phi) is 7.16. The molecule has 0 heterocycles. The van der Waals surface area contributed by atoms with Crippen LogP contribution in [0.2, 0.25) is 0 Å². The van der Waals surface area contributed by atoms with E-state index in [-0.39, 0.29) is 11.9 Å². The summed E-state index contributed by atoms with van der Waals surface area (Å²) in [4.78, 5) is 14.3. The molecular formula is C21H29N3O. The number of rotatable bonds is 8. The molecule has 0 fully saturated rings. The molecule has 4 heteroatoms. The highest BCUT2D eigenvalue weighted by molar-refractivity contribution is 5.92. The molecule has 0 aliphatic carbocycles. The van der Waals surface area contributed by atoms with E-state index in [0.717, 1.165) is 12.2 Å². The maximum Gasteiger partial charge on any atom is 0.238 e. The Bertz CT molecular complexity index is 651. The predicted molar refractivity (Wildman–Crippen MR) is 105 cm³/mol. The zero-order valence-electron chi connectivity index (χ0n) is 15.6. The number of anilines is 1. The molecule has 0 aliphatic rings. The van der Waals surface area contributed by atoms with E-state index in [0.29, 0.717) is 12.5 Å². The van der Waals surface area contributed by atoms with Crippen molar-refractivity contribution in [2.75, 3.05) is 32.5 Å². The van der Waals surface area contributed by atoms with E-state index in [9.17, 15) is 4.79 Å². The van der Waals surface area contributed by atoms with E-state index in [1.807, 2.05) is 30.3 Å². The van der Waals surface area contributed by atoms with Gasteiger partial charge < -0.3 is 15.5 Å². The standard InChI is InChI=1S/C21H29N3O/c1-16(2)17-10-12-19(13-11-17)23-21(25)15-22-14-20(24(3)4)18-8-6-5-7-9-18/h5-13,16,20,22H,14-15H2,1-4H3,(H,23,25)/t20-/m0/s1. The predicted octanol–water partition coefficient (Wildman–Crippen LogP) is 3.64. The maximum atomic E-state index is 12.1. The summed E-state index contributed by atoms with van der Waals surface area (Å²) in [6.45, 7) is 5.33. The number of nitrogens with zero attached hydrogens (tertiary/aromatic N) is 1. The molecule has 2 aromatic rings. The lowest BCUT2D eigenvalue weighted by atomic mass is 10.0. The fourth-order valence-corrected chi connectivity index (χ4v) is 2.75. The van der Waals surface area contributed by atoms with Crippen LogP contribution in [-0.4, -0.2) is 38.0 Å². The third kappa shape index (κ3) is 6.00. The van der Waals surface area contributed by atoms with Crippen LogP contribution in [0, 0.1) is 0 Å². The van der Waals surface area contributed by atoms with Crippen LogP contribution in [0.4, 0.5) is 5.69 Å². The van der Waals surface area contributed by atoms with Crippen LogP contribution < -0.4 is 10.6 Å².